The lowest BCUT2D eigenvalue weighted by Crippen LogP contribution is -2.08. The molecule has 0 heterocycles. The number of halogens is 3. The highest BCUT2D eigenvalue weighted by Gasteiger charge is 2.20. The average molecular weight is 342 g/mol. The molecule has 3 nitrogen and oxygen atoms in total. The van der Waals surface area contributed by atoms with Gasteiger partial charge in [-0.1, -0.05) is 15.9 Å². The van der Waals surface area contributed by atoms with Gasteiger partial charge in [0.2, 0.25) is 0 Å². The van der Waals surface area contributed by atoms with Crippen LogP contribution in [-0.4, -0.2) is 12.9 Å². The topological polar surface area (TPSA) is 52.3 Å². The van der Waals surface area contributed by atoms with Crippen LogP contribution in [0.5, 0.6) is 5.75 Å². The SMILES string of the molecule is COc1ccc(Br)cc1C(=O)c1cc(N)c(F)cc1F. The second-order valence-corrected chi connectivity index (χ2v) is 4.94. The van der Waals surface area contributed by atoms with Crippen LogP contribution >= 0.6 is 15.9 Å². The summed E-state index contributed by atoms with van der Waals surface area (Å²) in [6.07, 6.45) is 0. The third kappa shape index (κ3) is 2.65. The van der Waals surface area contributed by atoms with Gasteiger partial charge in [-0.2, -0.15) is 0 Å². The first-order valence-electron chi connectivity index (χ1n) is 5.56. The molecule has 2 aromatic rings. The summed E-state index contributed by atoms with van der Waals surface area (Å²) in [6.45, 7) is 0. The molecule has 0 saturated carbocycles. The molecule has 0 unspecified atom stereocenters. The first-order valence-corrected chi connectivity index (χ1v) is 6.36. The van der Waals surface area contributed by atoms with E-state index in [1.807, 2.05) is 0 Å². The van der Waals surface area contributed by atoms with Gasteiger partial charge >= 0.3 is 0 Å². The smallest absolute Gasteiger partial charge is 0.199 e. The van der Waals surface area contributed by atoms with E-state index in [-0.39, 0.29) is 16.8 Å². The van der Waals surface area contributed by atoms with Gasteiger partial charge in [-0.3, -0.25) is 4.79 Å². The van der Waals surface area contributed by atoms with E-state index in [0.29, 0.717) is 16.3 Å². The highest BCUT2D eigenvalue weighted by Crippen LogP contribution is 2.27. The summed E-state index contributed by atoms with van der Waals surface area (Å²) in [6, 6.07) is 6.33. The minimum absolute atomic E-state index is 0.159. The highest BCUT2D eigenvalue weighted by molar-refractivity contribution is 9.10. The molecule has 6 heteroatoms. The number of nitrogens with two attached hydrogens (primary N) is 1. The summed E-state index contributed by atoms with van der Waals surface area (Å²) >= 11 is 3.22. The number of ketones is 1. The Morgan fingerprint density at radius 3 is 2.50 bits per heavy atom. The number of carbonyl (C=O) groups excluding carboxylic acids is 1. The number of hydrogen-bond donors (Lipinski definition) is 1. The van der Waals surface area contributed by atoms with E-state index in [1.165, 1.54) is 13.2 Å². The molecule has 104 valence electrons. The molecule has 0 atom stereocenters. The normalized spacial score (nSPS) is 10.4. The molecule has 0 fully saturated rings. The van der Waals surface area contributed by atoms with Gasteiger partial charge in [0.25, 0.3) is 0 Å². The predicted molar refractivity (Wildman–Crippen MR) is 74.9 cm³/mol. The molecule has 0 aliphatic heterocycles. The summed E-state index contributed by atoms with van der Waals surface area (Å²) < 4.78 is 32.6. The minimum Gasteiger partial charge on any atom is -0.496 e. The standard InChI is InChI=1S/C14H10BrF2NO2/c1-20-13-3-2-7(15)4-9(13)14(19)8-5-12(18)11(17)6-10(8)16/h2-6H,18H2,1H3. The number of carbonyl (C=O) groups is 1. The molecule has 20 heavy (non-hydrogen) atoms. The van der Waals surface area contributed by atoms with Crippen molar-refractivity contribution in [1.82, 2.24) is 0 Å². The number of ether oxygens (including phenoxy) is 1. The van der Waals surface area contributed by atoms with E-state index in [9.17, 15) is 13.6 Å². The molecule has 0 aliphatic rings. The van der Waals surface area contributed by atoms with Crippen molar-refractivity contribution in [3.63, 3.8) is 0 Å². The van der Waals surface area contributed by atoms with Crippen LogP contribution < -0.4 is 10.5 Å². The predicted octanol–water partition coefficient (Wildman–Crippen LogP) is 3.55. The first kappa shape index (κ1) is 14.5. The Bertz CT molecular complexity index is 689. The Balaban J connectivity index is 2.57. The van der Waals surface area contributed by atoms with Crippen molar-refractivity contribution in [2.45, 2.75) is 0 Å². The van der Waals surface area contributed by atoms with Crippen LogP contribution in [0.4, 0.5) is 14.5 Å². The van der Waals surface area contributed by atoms with E-state index in [0.717, 1.165) is 6.07 Å². The Morgan fingerprint density at radius 2 is 1.85 bits per heavy atom. The Labute approximate surface area is 122 Å². The van der Waals surface area contributed by atoms with Gasteiger partial charge in [0.1, 0.15) is 17.4 Å². The van der Waals surface area contributed by atoms with Crippen molar-refractivity contribution in [3.8, 4) is 5.75 Å². The Morgan fingerprint density at radius 1 is 1.15 bits per heavy atom. The largest absolute Gasteiger partial charge is 0.496 e. The summed E-state index contributed by atoms with van der Waals surface area (Å²) in [4.78, 5) is 12.3. The van der Waals surface area contributed by atoms with Crippen LogP contribution in [0, 0.1) is 11.6 Å². The van der Waals surface area contributed by atoms with Crippen LogP contribution in [0.25, 0.3) is 0 Å². The second kappa shape index (κ2) is 5.58. The summed E-state index contributed by atoms with van der Waals surface area (Å²) in [5, 5.41) is 0. The quantitative estimate of drug-likeness (QED) is 0.686. The third-order valence-corrected chi connectivity index (χ3v) is 3.23. The summed E-state index contributed by atoms with van der Waals surface area (Å²) in [5.41, 5.74) is 4.94. The van der Waals surface area contributed by atoms with Gasteiger partial charge < -0.3 is 10.5 Å². The lowest BCUT2D eigenvalue weighted by atomic mass is 10.0. The fraction of sp³-hybridized carbons (Fsp3) is 0.0714. The molecule has 2 aromatic carbocycles. The third-order valence-electron chi connectivity index (χ3n) is 2.74. The fourth-order valence-electron chi connectivity index (χ4n) is 1.74. The lowest BCUT2D eigenvalue weighted by molar-refractivity contribution is 0.103. The maximum Gasteiger partial charge on any atom is 0.199 e. The number of nitrogen functional groups attached to an aromatic ring is 1. The zero-order chi connectivity index (χ0) is 14.9. The number of anilines is 1. The van der Waals surface area contributed by atoms with Crippen molar-refractivity contribution >= 4 is 27.4 Å². The van der Waals surface area contributed by atoms with E-state index in [1.54, 1.807) is 12.1 Å². The molecule has 0 radical (unpaired) electrons. The van der Waals surface area contributed by atoms with Crippen molar-refractivity contribution < 1.29 is 18.3 Å². The van der Waals surface area contributed by atoms with Crippen LogP contribution in [0.2, 0.25) is 0 Å². The zero-order valence-corrected chi connectivity index (χ0v) is 12.0. The molecular formula is C14H10BrF2NO2. The molecule has 2 rings (SSSR count). The van der Waals surface area contributed by atoms with Crippen molar-refractivity contribution in [1.29, 1.82) is 0 Å². The Kier molecular flexibility index (Phi) is 4.04. The van der Waals surface area contributed by atoms with Gasteiger partial charge in [-0.05, 0) is 24.3 Å². The van der Waals surface area contributed by atoms with Crippen molar-refractivity contribution in [3.05, 3.63) is 57.6 Å². The lowest BCUT2D eigenvalue weighted by Gasteiger charge is -2.09. The van der Waals surface area contributed by atoms with Crippen LogP contribution in [0.15, 0.2) is 34.8 Å². The number of rotatable bonds is 3. The Hall–Kier alpha value is -1.95. The van der Waals surface area contributed by atoms with E-state index < -0.39 is 17.4 Å². The van der Waals surface area contributed by atoms with Gasteiger partial charge in [-0.15, -0.1) is 0 Å². The van der Waals surface area contributed by atoms with Gasteiger partial charge in [0, 0.05) is 10.5 Å². The van der Waals surface area contributed by atoms with Crippen molar-refractivity contribution in [2.75, 3.05) is 12.8 Å². The summed E-state index contributed by atoms with van der Waals surface area (Å²) in [7, 11) is 1.40. The molecule has 0 aliphatic carbocycles. The van der Waals surface area contributed by atoms with E-state index in [4.69, 9.17) is 10.5 Å². The van der Waals surface area contributed by atoms with Crippen LogP contribution in [0.1, 0.15) is 15.9 Å². The molecule has 0 aromatic heterocycles. The molecule has 0 spiro atoms. The molecular weight excluding hydrogens is 332 g/mol. The minimum atomic E-state index is -0.969. The average Bonchev–Trinajstić information content (AvgIpc) is 2.42. The van der Waals surface area contributed by atoms with Crippen LogP contribution in [-0.2, 0) is 0 Å². The highest BCUT2D eigenvalue weighted by atomic mass is 79.9. The van der Waals surface area contributed by atoms with Crippen molar-refractivity contribution in [2.24, 2.45) is 0 Å². The maximum atomic E-state index is 13.7. The molecule has 0 bridgehead atoms. The fourth-order valence-corrected chi connectivity index (χ4v) is 2.10. The monoisotopic (exact) mass is 341 g/mol. The maximum absolute atomic E-state index is 13.7. The van der Waals surface area contributed by atoms with Gasteiger partial charge in [-0.25, -0.2) is 8.78 Å². The molecule has 2 N–H and O–H groups in total. The van der Waals surface area contributed by atoms with Gasteiger partial charge in [0.05, 0.1) is 23.9 Å². The van der Waals surface area contributed by atoms with E-state index >= 15 is 0 Å². The van der Waals surface area contributed by atoms with Crippen LogP contribution in [0.3, 0.4) is 0 Å². The van der Waals surface area contributed by atoms with Gasteiger partial charge in [0.15, 0.2) is 5.78 Å². The molecule has 0 amide bonds. The molecule has 0 saturated heterocycles. The zero-order valence-electron chi connectivity index (χ0n) is 10.4. The second-order valence-electron chi connectivity index (χ2n) is 4.03. The number of hydrogen-bond acceptors (Lipinski definition) is 3. The van der Waals surface area contributed by atoms with E-state index in [2.05, 4.69) is 15.9 Å². The first-order chi connectivity index (χ1) is 9.43. The summed E-state index contributed by atoms with van der Waals surface area (Å²) in [5.74, 6) is -2.21. The number of benzene rings is 2. The number of methoxy groups -OCH3 is 1.